The molecule has 0 atom stereocenters. The van der Waals surface area contributed by atoms with Crippen molar-refractivity contribution < 1.29 is 26.7 Å². The Hall–Kier alpha value is -0.640. The van der Waals surface area contributed by atoms with Gasteiger partial charge in [-0.25, -0.2) is 8.42 Å². The van der Waals surface area contributed by atoms with Crippen LogP contribution in [0.25, 0.3) is 0 Å². The minimum absolute atomic E-state index is 0.0729. The lowest BCUT2D eigenvalue weighted by Gasteiger charge is -2.16. The molecule has 104 valence electrons. The molecule has 0 aromatic carbocycles. The molecule has 0 spiro atoms. The Morgan fingerprint density at radius 1 is 1.44 bits per heavy atom. The lowest BCUT2D eigenvalue weighted by atomic mass is 10.4. The van der Waals surface area contributed by atoms with Crippen LogP contribution in [0.3, 0.4) is 0 Å². The molecule has 0 unspecified atom stereocenters. The summed E-state index contributed by atoms with van der Waals surface area (Å²) in [6.45, 7) is -0.934. The predicted octanol–water partition coefficient (Wildman–Crippen LogP) is 1.81. The first-order valence-corrected chi connectivity index (χ1v) is 7.20. The van der Waals surface area contributed by atoms with Gasteiger partial charge in [-0.2, -0.15) is 17.5 Å². The van der Waals surface area contributed by atoms with Crippen molar-refractivity contribution in [2.24, 2.45) is 0 Å². The van der Waals surface area contributed by atoms with Gasteiger partial charge in [-0.1, -0.05) is 0 Å². The third-order valence-electron chi connectivity index (χ3n) is 2.19. The Morgan fingerprint density at radius 2 is 2.06 bits per heavy atom. The van der Waals surface area contributed by atoms with Gasteiger partial charge in [0.15, 0.2) is 0 Å². The van der Waals surface area contributed by atoms with E-state index in [0.29, 0.717) is 9.87 Å². The summed E-state index contributed by atoms with van der Waals surface area (Å²) in [5, 5.41) is 10.3. The Morgan fingerprint density at radius 3 is 2.50 bits per heavy atom. The molecule has 0 saturated carbocycles. The van der Waals surface area contributed by atoms with E-state index in [1.54, 1.807) is 0 Å². The second-order valence-electron chi connectivity index (χ2n) is 3.62. The normalized spacial score (nSPS) is 13.2. The summed E-state index contributed by atoms with van der Waals surface area (Å²) in [4.78, 5) is 0. The summed E-state index contributed by atoms with van der Waals surface area (Å²) >= 11 is 0.872. The number of aliphatic hydroxyl groups excluding tert-OH is 1. The fourth-order valence-corrected chi connectivity index (χ4v) is 3.71. The van der Waals surface area contributed by atoms with Crippen LogP contribution in [0.2, 0.25) is 0 Å². The average Bonchev–Trinajstić information content (AvgIpc) is 2.73. The summed E-state index contributed by atoms with van der Waals surface area (Å²) in [7, 11) is -2.81. The first-order valence-electron chi connectivity index (χ1n) is 4.88. The van der Waals surface area contributed by atoms with E-state index >= 15 is 0 Å². The number of alkyl halides is 3. The van der Waals surface area contributed by atoms with Gasteiger partial charge >= 0.3 is 6.18 Å². The number of rotatable bonds is 5. The average molecular weight is 303 g/mol. The van der Waals surface area contributed by atoms with Crippen molar-refractivity contribution in [3.8, 4) is 0 Å². The van der Waals surface area contributed by atoms with Crippen molar-refractivity contribution in [1.29, 1.82) is 0 Å². The number of sulfonamides is 1. The van der Waals surface area contributed by atoms with E-state index in [1.807, 2.05) is 0 Å². The molecule has 1 aromatic rings. The topological polar surface area (TPSA) is 57.6 Å². The number of halogens is 3. The number of thiophene rings is 1. The van der Waals surface area contributed by atoms with Crippen LogP contribution >= 0.6 is 11.3 Å². The third-order valence-corrected chi connectivity index (χ3v) is 5.51. The minimum atomic E-state index is -4.39. The highest BCUT2D eigenvalue weighted by atomic mass is 32.2. The molecule has 0 radical (unpaired) electrons. The van der Waals surface area contributed by atoms with Crippen LogP contribution in [0.1, 0.15) is 12.0 Å². The lowest BCUT2D eigenvalue weighted by molar-refractivity contribution is -0.135. The van der Waals surface area contributed by atoms with Crippen molar-refractivity contribution in [3.05, 3.63) is 17.0 Å². The molecule has 0 aliphatic carbocycles. The highest BCUT2D eigenvalue weighted by Crippen LogP contribution is 2.25. The Labute approximate surface area is 107 Å². The van der Waals surface area contributed by atoms with Gasteiger partial charge < -0.3 is 5.11 Å². The lowest BCUT2D eigenvalue weighted by Crippen LogP contribution is -2.30. The molecule has 0 aliphatic rings. The van der Waals surface area contributed by atoms with E-state index in [9.17, 15) is 21.6 Å². The maximum absolute atomic E-state index is 12.0. The molecule has 9 heteroatoms. The monoisotopic (exact) mass is 303 g/mol. The summed E-state index contributed by atoms with van der Waals surface area (Å²) in [6, 6.07) is 1.25. The van der Waals surface area contributed by atoms with E-state index in [-0.39, 0.29) is 10.8 Å². The van der Waals surface area contributed by atoms with Gasteiger partial charge in [0.05, 0.1) is 13.0 Å². The second-order valence-corrected chi connectivity index (χ2v) is 6.81. The van der Waals surface area contributed by atoms with Gasteiger partial charge in [0.1, 0.15) is 4.21 Å². The Balaban J connectivity index is 2.80. The summed E-state index contributed by atoms with van der Waals surface area (Å²) < 4.78 is 60.4. The third kappa shape index (κ3) is 3.94. The van der Waals surface area contributed by atoms with Crippen LogP contribution < -0.4 is 0 Å². The number of nitrogens with zero attached hydrogens (tertiary/aromatic N) is 1. The van der Waals surface area contributed by atoms with Gasteiger partial charge in [0.25, 0.3) is 10.0 Å². The maximum atomic E-state index is 12.0. The quantitative estimate of drug-likeness (QED) is 0.902. The van der Waals surface area contributed by atoms with Crippen molar-refractivity contribution >= 4 is 21.4 Å². The fourth-order valence-electron chi connectivity index (χ4n) is 1.13. The predicted molar refractivity (Wildman–Crippen MR) is 60.7 cm³/mol. The van der Waals surface area contributed by atoms with E-state index in [4.69, 9.17) is 5.11 Å². The van der Waals surface area contributed by atoms with Gasteiger partial charge in [0, 0.05) is 13.6 Å². The molecule has 1 N–H and O–H groups in total. The van der Waals surface area contributed by atoms with Crippen molar-refractivity contribution in [2.75, 3.05) is 13.6 Å². The van der Waals surface area contributed by atoms with Gasteiger partial charge in [0.2, 0.25) is 0 Å². The summed E-state index contributed by atoms with van der Waals surface area (Å²) in [6.07, 6.45) is -5.59. The van der Waals surface area contributed by atoms with Crippen molar-refractivity contribution in [2.45, 2.75) is 23.4 Å². The molecule has 1 heterocycles. The van der Waals surface area contributed by atoms with E-state index in [2.05, 4.69) is 0 Å². The molecule has 4 nitrogen and oxygen atoms in total. The summed E-state index contributed by atoms with van der Waals surface area (Å²) in [5.74, 6) is 0. The molecule has 0 bridgehead atoms. The zero-order valence-electron chi connectivity index (χ0n) is 9.44. The van der Waals surface area contributed by atoms with Crippen molar-refractivity contribution in [3.63, 3.8) is 0 Å². The molecule has 0 amide bonds. The van der Waals surface area contributed by atoms with Crippen LogP contribution in [-0.2, 0) is 16.6 Å². The van der Waals surface area contributed by atoms with E-state index in [1.165, 1.54) is 11.4 Å². The van der Waals surface area contributed by atoms with Crippen LogP contribution in [0.15, 0.2) is 15.7 Å². The molecular weight excluding hydrogens is 291 g/mol. The highest BCUT2D eigenvalue weighted by molar-refractivity contribution is 7.91. The molecule has 0 saturated heterocycles. The maximum Gasteiger partial charge on any atom is 0.390 e. The minimum Gasteiger partial charge on any atom is -0.392 e. The number of hydrogen-bond acceptors (Lipinski definition) is 4. The molecule has 18 heavy (non-hydrogen) atoms. The first-order chi connectivity index (χ1) is 8.16. The van der Waals surface area contributed by atoms with Gasteiger partial charge in [-0.05, 0) is 17.0 Å². The molecule has 0 fully saturated rings. The second kappa shape index (κ2) is 5.55. The smallest absolute Gasteiger partial charge is 0.390 e. The van der Waals surface area contributed by atoms with E-state index < -0.39 is 29.2 Å². The van der Waals surface area contributed by atoms with Crippen LogP contribution in [0.5, 0.6) is 0 Å². The first kappa shape index (κ1) is 15.4. The molecular formula is C9H12F3NO3S2. The largest absolute Gasteiger partial charge is 0.392 e. The molecule has 0 aliphatic heterocycles. The Bertz CT molecular complexity index is 495. The Kier molecular flexibility index (Phi) is 4.76. The fraction of sp³-hybridized carbons (Fsp3) is 0.556. The number of hydrogen-bond donors (Lipinski definition) is 1. The summed E-state index contributed by atoms with van der Waals surface area (Å²) in [5.41, 5.74) is 0.419. The zero-order chi connectivity index (χ0) is 14.0. The SMILES string of the molecule is CN(CCC(F)(F)F)S(=O)(=O)c1cc(CO)cs1. The van der Waals surface area contributed by atoms with E-state index in [0.717, 1.165) is 18.4 Å². The highest BCUT2D eigenvalue weighted by Gasteiger charge is 2.30. The molecule has 1 aromatic heterocycles. The van der Waals surface area contributed by atoms with Crippen LogP contribution in [-0.4, -0.2) is 37.6 Å². The van der Waals surface area contributed by atoms with Crippen molar-refractivity contribution in [1.82, 2.24) is 4.31 Å². The molecule has 1 rings (SSSR count). The van der Waals surface area contributed by atoms with Gasteiger partial charge in [-0.3, -0.25) is 0 Å². The standard InChI is InChI=1S/C9H12F3NO3S2/c1-13(3-2-9(10,11)12)18(15,16)8-4-7(5-14)6-17-8/h4,6,14H,2-3,5H2,1H3. The van der Waals surface area contributed by atoms with Crippen LogP contribution in [0.4, 0.5) is 13.2 Å². The number of aliphatic hydroxyl groups is 1. The van der Waals surface area contributed by atoms with Gasteiger partial charge in [-0.15, -0.1) is 11.3 Å². The zero-order valence-corrected chi connectivity index (χ0v) is 11.1. The van der Waals surface area contributed by atoms with Crippen LogP contribution in [0, 0.1) is 0 Å².